The second-order valence-electron chi connectivity index (χ2n) is 4.32. The zero-order valence-electron chi connectivity index (χ0n) is 9.40. The van der Waals surface area contributed by atoms with E-state index in [9.17, 15) is 5.11 Å². The normalized spacial score (nSPS) is 13.7. The molecular formula is C12H18O3. The fourth-order valence-corrected chi connectivity index (χ4v) is 1.32. The SMILES string of the molecule is COc1ccc(C(O)C(C)(C)CO)cc1. The standard InChI is InChI=1S/C12H18O3/c1-12(2,8-13)11(14)9-4-6-10(15-3)7-5-9/h4-7,11,13-14H,8H2,1-3H3. The van der Waals surface area contributed by atoms with E-state index in [-0.39, 0.29) is 6.61 Å². The molecule has 84 valence electrons. The van der Waals surface area contributed by atoms with E-state index < -0.39 is 11.5 Å². The largest absolute Gasteiger partial charge is 0.497 e. The van der Waals surface area contributed by atoms with E-state index in [2.05, 4.69) is 0 Å². The van der Waals surface area contributed by atoms with Crippen molar-refractivity contribution in [2.75, 3.05) is 13.7 Å². The van der Waals surface area contributed by atoms with Crippen LogP contribution in [0.25, 0.3) is 0 Å². The molecule has 0 radical (unpaired) electrons. The van der Waals surface area contributed by atoms with Gasteiger partial charge in [-0.05, 0) is 17.7 Å². The molecular weight excluding hydrogens is 192 g/mol. The highest BCUT2D eigenvalue weighted by molar-refractivity contribution is 5.29. The van der Waals surface area contributed by atoms with Gasteiger partial charge in [0.2, 0.25) is 0 Å². The van der Waals surface area contributed by atoms with Crippen LogP contribution in [0.1, 0.15) is 25.5 Å². The highest BCUT2D eigenvalue weighted by Gasteiger charge is 2.28. The maximum absolute atomic E-state index is 10.0. The third kappa shape index (κ3) is 2.70. The third-order valence-electron chi connectivity index (χ3n) is 2.58. The van der Waals surface area contributed by atoms with Gasteiger partial charge in [-0.25, -0.2) is 0 Å². The topological polar surface area (TPSA) is 49.7 Å². The first kappa shape index (κ1) is 12.0. The summed E-state index contributed by atoms with van der Waals surface area (Å²) in [6, 6.07) is 7.21. The molecule has 3 nitrogen and oxygen atoms in total. The highest BCUT2D eigenvalue weighted by atomic mass is 16.5. The van der Waals surface area contributed by atoms with Crippen LogP contribution < -0.4 is 4.74 Å². The fraction of sp³-hybridized carbons (Fsp3) is 0.500. The molecule has 1 aromatic rings. The van der Waals surface area contributed by atoms with Gasteiger partial charge in [0, 0.05) is 5.41 Å². The Balaban J connectivity index is 2.87. The number of benzene rings is 1. The number of aliphatic hydroxyl groups excluding tert-OH is 2. The van der Waals surface area contributed by atoms with E-state index in [0.717, 1.165) is 11.3 Å². The van der Waals surface area contributed by atoms with Gasteiger partial charge in [0.1, 0.15) is 5.75 Å². The van der Waals surface area contributed by atoms with Crippen LogP contribution in [0.5, 0.6) is 5.75 Å². The minimum atomic E-state index is -0.673. The van der Waals surface area contributed by atoms with Crippen molar-refractivity contribution >= 4 is 0 Å². The molecule has 0 aliphatic heterocycles. The quantitative estimate of drug-likeness (QED) is 0.796. The van der Waals surface area contributed by atoms with Crippen molar-refractivity contribution in [2.24, 2.45) is 5.41 Å². The molecule has 0 spiro atoms. The zero-order chi connectivity index (χ0) is 11.5. The Hall–Kier alpha value is -1.06. The molecule has 0 aliphatic carbocycles. The van der Waals surface area contributed by atoms with Crippen LogP contribution in [-0.2, 0) is 0 Å². The van der Waals surface area contributed by atoms with Crippen molar-refractivity contribution in [3.05, 3.63) is 29.8 Å². The maximum Gasteiger partial charge on any atom is 0.118 e. The van der Waals surface area contributed by atoms with Gasteiger partial charge in [-0.1, -0.05) is 26.0 Å². The lowest BCUT2D eigenvalue weighted by Crippen LogP contribution is -2.25. The Morgan fingerprint density at radius 3 is 2.20 bits per heavy atom. The van der Waals surface area contributed by atoms with E-state index in [1.54, 1.807) is 31.4 Å². The van der Waals surface area contributed by atoms with Gasteiger partial charge in [-0.2, -0.15) is 0 Å². The molecule has 0 amide bonds. The van der Waals surface area contributed by atoms with Gasteiger partial charge in [0.05, 0.1) is 19.8 Å². The van der Waals surface area contributed by atoms with Crippen LogP contribution >= 0.6 is 0 Å². The highest BCUT2D eigenvalue weighted by Crippen LogP contribution is 2.33. The van der Waals surface area contributed by atoms with Gasteiger partial charge < -0.3 is 14.9 Å². The first-order chi connectivity index (χ1) is 7.01. The average Bonchev–Trinajstić information content (AvgIpc) is 2.28. The first-order valence-electron chi connectivity index (χ1n) is 4.94. The molecule has 0 heterocycles. The summed E-state index contributed by atoms with van der Waals surface area (Å²) in [6.45, 7) is 3.59. The van der Waals surface area contributed by atoms with Crippen molar-refractivity contribution in [3.63, 3.8) is 0 Å². The summed E-state index contributed by atoms with van der Waals surface area (Å²) in [4.78, 5) is 0. The number of methoxy groups -OCH3 is 1. The van der Waals surface area contributed by atoms with Gasteiger partial charge in [-0.15, -0.1) is 0 Å². The second-order valence-corrected chi connectivity index (χ2v) is 4.32. The summed E-state index contributed by atoms with van der Waals surface area (Å²) in [6.07, 6.45) is -0.673. The molecule has 1 aromatic carbocycles. The van der Waals surface area contributed by atoms with E-state index in [0.29, 0.717) is 0 Å². The summed E-state index contributed by atoms with van der Waals surface area (Å²) in [5, 5.41) is 19.2. The smallest absolute Gasteiger partial charge is 0.118 e. The van der Waals surface area contributed by atoms with Crippen LogP contribution in [0.4, 0.5) is 0 Å². The third-order valence-corrected chi connectivity index (χ3v) is 2.58. The lowest BCUT2D eigenvalue weighted by atomic mass is 9.83. The lowest BCUT2D eigenvalue weighted by molar-refractivity contribution is 0.00636. The van der Waals surface area contributed by atoms with E-state index in [1.807, 2.05) is 13.8 Å². The van der Waals surface area contributed by atoms with Crippen molar-refractivity contribution < 1.29 is 14.9 Å². The Kier molecular flexibility index (Phi) is 3.72. The summed E-state index contributed by atoms with van der Waals surface area (Å²) >= 11 is 0. The molecule has 2 N–H and O–H groups in total. The number of ether oxygens (including phenoxy) is 1. The Labute approximate surface area is 90.3 Å². The van der Waals surface area contributed by atoms with Gasteiger partial charge in [0.15, 0.2) is 0 Å². The molecule has 0 bridgehead atoms. The monoisotopic (exact) mass is 210 g/mol. The lowest BCUT2D eigenvalue weighted by Gasteiger charge is -2.28. The molecule has 0 aliphatic rings. The van der Waals surface area contributed by atoms with Gasteiger partial charge in [-0.3, -0.25) is 0 Å². The second kappa shape index (κ2) is 4.64. The fourth-order valence-electron chi connectivity index (χ4n) is 1.32. The predicted molar refractivity (Wildman–Crippen MR) is 58.8 cm³/mol. The molecule has 3 heteroatoms. The zero-order valence-corrected chi connectivity index (χ0v) is 9.40. The van der Waals surface area contributed by atoms with Crippen LogP contribution in [0.3, 0.4) is 0 Å². The molecule has 0 saturated heterocycles. The molecule has 1 unspecified atom stereocenters. The van der Waals surface area contributed by atoms with Crippen molar-refractivity contribution in [3.8, 4) is 5.75 Å². The van der Waals surface area contributed by atoms with Gasteiger partial charge >= 0.3 is 0 Å². The van der Waals surface area contributed by atoms with E-state index in [4.69, 9.17) is 9.84 Å². The number of hydrogen-bond donors (Lipinski definition) is 2. The molecule has 1 atom stereocenters. The van der Waals surface area contributed by atoms with E-state index in [1.165, 1.54) is 0 Å². The van der Waals surface area contributed by atoms with Crippen molar-refractivity contribution in [1.82, 2.24) is 0 Å². The molecule has 0 fully saturated rings. The Bertz CT molecular complexity index is 303. The van der Waals surface area contributed by atoms with Crippen LogP contribution in [-0.4, -0.2) is 23.9 Å². The van der Waals surface area contributed by atoms with Gasteiger partial charge in [0.25, 0.3) is 0 Å². The number of rotatable bonds is 4. The maximum atomic E-state index is 10.0. The Morgan fingerprint density at radius 1 is 1.27 bits per heavy atom. The van der Waals surface area contributed by atoms with Crippen LogP contribution in [0, 0.1) is 5.41 Å². The summed E-state index contributed by atoms with van der Waals surface area (Å²) in [5.74, 6) is 0.757. The van der Waals surface area contributed by atoms with Crippen molar-refractivity contribution in [2.45, 2.75) is 20.0 Å². The minimum absolute atomic E-state index is 0.0554. The summed E-state index contributed by atoms with van der Waals surface area (Å²) < 4.78 is 5.03. The molecule has 1 rings (SSSR count). The first-order valence-corrected chi connectivity index (χ1v) is 4.94. The molecule has 0 saturated carbocycles. The van der Waals surface area contributed by atoms with E-state index >= 15 is 0 Å². The molecule has 0 aromatic heterocycles. The average molecular weight is 210 g/mol. The number of aliphatic hydroxyl groups is 2. The number of hydrogen-bond acceptors (Lipinski definition) is 3. The minimum Gasteiger partial charge on any atom is -0.497 e. The molecule has 15 heavy (non-hydrogen) atoms. The summed E-state index contributed by atoms with van der Waals surface area (Å²) in [5.41, 5.74) is 0.254. The van der Waals surface area contributed by atoms with Crippen LogP contribution in [0.2, 0.25) is 0 Å². The van der Waals surface area contributed by atoms with Crippen LogP contribution in [0.15, 0.2) is 24.3 Å². The predicted octanol–water partition coefficient (Wildman–Crippen LogP) is 1.75. The van der Waals surface area contributed by atoms with Crippen molar-refractivity contribution in [1.29, 1.82) is 0 Å². The Morgan fingerprint density at radius 2 is 1.80 bits per heavy atom. The summed E-state index contributed by atoms with van der Waals surface area (Å²) in [7, 11) is 1.60.